The Morgan fingerprint density at radius 1 is 1.47 bits per heavy atom. The summed E-state index contributed by atoms with van der Waals surface area (Å²) >= 11 is 5.60. The third-order valence-corrected chi connectivity index (χ3v) is 2.75. The van der Waals surface area contributed by atoms with Crippen molar-refractivity contribution < 1.29 is 9.13 Å². The average molecular weight is 260 g/mol. The summed E-state index contributed by atoms with van der Waals surface area (Å²) in [6, 6.07) is 4.52. The van der Waals surface area contributed by atoms with Crippen LogP contribution in [0, 0.1) is 5.82 Å². The average Bonchev–Trinajstić information content (AvgIpc) is 2.30. The lowest BCUT2D eigenvalue weighted by molar-refractivity contribution is 0.207. The highest BCUT2D eigenvalue weighted by atomic mass is 35.5. The van der Waals surface area contributed by atoms with Crippen molar-refractivity contribution in [2.24, 2.45) is 0 Å². The van der Waals surface area contributed by atoms with Crippen molar-refractivity contribution >= 4 is 11.6 Å². The highest BCUT2D eigenvalue weighted by Crippen LogP contribution is 2.21. The van der Waals surface area contributed by atoms with Gasteiger partial charge >= 0.3 is 0 Å². The second-order valence-electron chi connectivity index (χ2n) is 4.00. The third-order valence-electron chi connectivity index (χ3n) is 2.44. The maximum Gasteiger partial charge on any atom is 0.145 e. The Kier molecular flexibility index (Phi) is 6.30. The summed E-state index contributed by atoms with van der Waals surface area (Å²) in [5, 5.41) is 3.37. The van der Waals surface area contributed by atoms with Crippen molar-refractivity contribution in [3.8, 4) is 5.75 Å². The molecule has 1 aromatic carbocycles. The molecule has 0 aliphatic heterocycles. The number of hydrogen-bond donors (Lipinski definition) is 1. The number of benzene rings is 1. The fraction of sp³-hybridized carbons (Fsp3) is 0.538. The summed E-state index contributed by atoms with van der Waals surface area (Å²) in [6.45, 7) is 6.03. The van der Waals surface area contributed by atoms with Gasteiger partial charge in [0.15, 0.2) is 0 Å². The molecule has 1 N–H and O–H groups in total. The summed E-state index contributed by atoms with van der Waals surface area (Å²) in [5.74, 6) is 0.0897. The number of hydrogen-bond acceptors (Lipinski definition) is 2. The first-order valence-corrected chi connectivity index (χ1v) is 6.33. The van der Waals surface area contributed by atoms with E-state index in [9.17, 15) is 4.39 Å². The van der Waals surface area contributed by atoms with E-state index in [1.165, 1.54) is 12.1 Å². The van der Waals surface area contributed by atoms with Gasteiger partial charge in [-0.1, -0.05) is 18.5 Å². The molecule has 1 atom stereocenters. The highest BCUT2D eigenvalue weighted by molar-refractivity contribution is 6.30. The maximum atomic E-state index is 13.2. The lowest BCUT2D eigenvalue weighted by Gasteiger charge is -2.14. The fourth-order valence-corrected chi connectivity index (χ4v) is 1.65. The van der Waals surface area contributed by atoms with Crippen LogP contribution in [0.1, 0.15) is 26.7 Å². The van der Waals surface area contributed by atoms with E-state index in [2.05, 4.69) is 12.2 Å². The first kappa shape index (κ1) is 14.3. The van der Waals surface area contributed by atoms with E-state index in [0.717, 1.165) is 25.9 Å². The van der Waals surface area contributed by atoms with E-state index in [0.29, 0.717) is 5.75 Å². The van der Waals surface area contributed by atoms with Crippen LogP contribution in [0.5, 0.6) is 5.75 Å². The van der Waals surface area contributed by atoms with E-state index < -0.39 is 5.82 Å². The van der Waals surface area contributed by atoms with Crippen molar-refractivity contribution in [3.05, 3.63) is 29.0 Å². The van der Waals surface area contributed by atoms with E-state index >= 15 is 0 Å². The second-order valence-corrected chi connectivity index (χ2v) is 4.41. The molecular weight excluding hydrogens is 241 g/mol. The minimum atomic E-state index is -0.441. The van der Waals surface area contributed by atoms with Gasteiger partial charge in [-0.25, -0.2) is 4.39 Å². The van der Waals surface area contributed by atoms with Gasteiger partial charge in [-0.05, 0) is 45.0 Å². The molecule has 1 unspecified atom stereocenters. The van der Waals surface area contributed by atoms with Gasteiger partial charge in [-0.2, -0.15) is 0 Å². The largest absolute Gasteiger partial charge is 0.491 e. The second kappa shape index (κ2) is 7.51. The Bertz CT molecular complexity index is 346. The topological polar surface area (TPSA) is 21.3 Å². The molecule has 1 rings (SSSR count). The molecule has 0 aliphatic rings. The molecule has 0 aliphatic carbocycles. The molecule has 2 nitrogen and oxygen atoms in total. The number of nitrogens with one attached hydrogen (secondary N) is 1. The normalized spacial score (nSPS) is 12.5. The van der Waals surface area contributed by atoms with Gasteiger partial charge in [0.2, 0.25) is 0 Å². The molecule has 0 amide bonds. The first-order valence-electron chi connectivity index (χ1n) is 5.96. The van der Waals surface area contributed by atoms with Crippen LogP contribution in [-0.2, 0) is 0 Å². The molecule has 17 heavy (non-hydrogen) atoms. The van der Waals surface area contributed by atoms with E-state index in [-0.39, 0.29) is 11.1 Å². The molecule has 1 aromatic rings. The van der Waals surface area contributed by atoms with Crippen LogP contribution in [0.3, 0.4) is 0 Å². The van der Waals surface area contributed by atoms with Crippen LogP contribution in [0.15, 0.2) is 18.2 Å². The van der Waals surface area contributed by atoms with E-state index in [1.807, 2.05) is 6.92 Å². The zero-order valence-electron chi connectivity index (χ0n) is 10.3. The standard InChI is InChI=1S/C13H19ClFNO/c1-3-16-8-4-5-10(2)17-11-6-7-12(14)13(15)9-11/h6-7,9-10,16H,3-5,8H2,1-2H3. The lowest BCUT2D eigenvalue weighted by atomic mass is 10.2. The van der Waals surface area contributed by atoms with Crippen molar-refractivity contribution in [3.63, 3.8) is 0 Å². The van der Waals surface area contributed by atoms with Crippen LogP contribution < -0.4 is 10.1 Å². The summed E-state index contributed by atoms with van der Waals surface area (Å²) in [4.78, 5) is 0. The highest BCUT2D eigenvalue weighted by Gasteiger charge is 2.06. The van der Waals surface area contributed by atoms with Gasteiger partial charge in [0.25, 0.3) is 0 Å². The minimum absolute atomic E-state index is 0.0780. The molecule has 0 radical (unpaired) electrons. The molecule has 0 bridgehead atoms. The maximum absolute atomic E-state index is 13.2. The van der Waals surface area contributed by atoms with Gasteiger partial charge in [0.1, 0.15) is 11.6 Å². The molecule has 0 saturated carbocycles. The lowest BCUT2D eigenvalue weighted by Crippen LogP contribution is -2.18. The molecule has 0 aromatic heterocycles. The Labute approximate surface area is 107 Å². The summed E-state index contributed by atoms with van der Waals surface area (Å²) in [6.07, 6.45) is 2.07. The molecule has 4 heteroatoms. The Morgan fingerprint density at radius 3 is 2.88 bits per heavy atom. The Balaban J connectivity index is 2.34. The summed E-state index contributed by atoms with van der Waals surface area (Å²) < 4.78 is 18.8. The van der Waals surface area contributed by atoms with Crippen molar-refractivity contribution in [1.29, 1.82) is 0 Å². The molecule has 0 fully saturated rings. The summed E-state index contributed by atoms with van der Waals surface area (Å²) in [7, 11) is 0. The van der Waals surface area contributed by atoms with Gasteiger partial charge < -0.3 is 10.1 Å². The number of ether oxygens (including phenoxy) is 1. The van der Waals surface area contributed by atoms with Gasteiger partial charge in [0, 0.05) is 6.07 Å². The molecular formula is C13H19ClFNO. The van der Waals surface area contributed by atoms with Crippen LogP contribution in [-0.4, -0.2) is 19.2 Å². The van der Waals surface area contributed by atoms with Crippen molar-refractivity contribution in [1.82, 2.24) is 5.32 Å². The smallest absolute Gasteiger partial charge is 0.145 e. The molecule has 0 spiro atoms. The van der Waals surface area contributed by atoms with E-state index in [1.54, 1.807) is 6.07 Å². The van der Waals surface area contributed by atoms with Crippen LogP contribution >= 0.6 is 11.6 Å². The SMILES string of the molecule is CCNCCCC(C)Oc1ccc(Cl)c(F)c1. The van der Waals surface area contributed by atoms with Crippen molar-refractivity contribution in [2.45, 2.75) is 32.8 Å². The quantitative estimate of drug-likeness (QED) is 0.755. The molecule has 96 valence electrons. The zero-order chi connectivity index (χ0) is 12.7. The predicted molar refractivity (Wildman–Crippen MR) is 69.3 cm³/mol. The van der Waals surface area contributed by atoms with Gasteiger partial charge in [0.05, 0.1) is 11.1 Å². The predicted octanol–water partition coefficient (Wildman–Crippen LogP) is 3.64. The molecule has 0 saturated heterocycles. The monoisotopic (exact) mass is 259 g/mol. The summed E-state index contributed by atoms with van der Waals surface area (Å²) in [5.41, 5.74) is 0. The van der Waals surface area contributed by atoms with Crippen LogP contribution in [0.25, 0.3) is 0 Å². The van der Waals surface area contributed by atoms with Crippen molar-refractivity contribution in [2.75, 3.05) is 13.1 Å². The van der Waals surface area contributed by atoms with Gasteiger partial charge in [-0.15, -0.1) is 0 Å². The number of rotatable bonds is 7. The number of halogens is 2. The van der Waals surface area contributed by atoms with Gasteiger partial charge in [-0.3, -0.25) is 0 Å². The first-order chi connectivity index (χ1) is 8.13. The fourth-order valence-electron chi connectivity index (χ4n) is 1.53. The minimum Gasteiger partial charge on any atom is -0.491 e. The van der Waals surface area contributed by atoms with Crippen LogP contribution in [0.4, 0.5) is 4.39 Å². The zero-order valence-corrected chi connectivity index (χ0v) is 11.1. The van der Waals surface area contributed by atoms with Crippen LogP contribution in [0.2, 0.25) is 5.02 Å². The van der Waals surface area contributed by atoms with E-state index in [4.69, 9.17) is 16.3 Å². The Hall–Kier alpha value is -0.800. The third kappa shape index (κ3) is 5.37. The molecule has 0 heterocycles. The Morgan fingerprint density at radius 2 is 2.24 bits per heavy atom.